The van der Waals surface area contributed by atoms with Crippen LogP contribution < -0.4 is 4.74 Å². The quantitative estimate of drug-likeness (QED) is 0.878. The van der Waals surface area contributed by atoms with Gasteiger partial charge in [-0.3, -0.25) is 0 Å². The highest BCUT2D eigenvalue weighted by Crippen LogP contribution is 2.34. The average Bonchev–Trinajstić information content (AvgIpc) is 2.86. The monoisotopic (exact) mass is 278 g/mol. The van der Waals surface area contributed by atoms with E-state index in [2.05, 4.69) is 0 Å². The Morgan fingerprint density at radius 3 is 2.47 bits per heavy atom. The number of aliphatic carboxylic acids is 1. The van der Waals surface area contributed by atoms with Crippen molar-refractivity contribution in [1.29, 1.82) is 0 Å². The Labute approximate surface area is 112 Å². The van der Waals surface area contributed by atoms with E-state index >= 15 is 0 Å². The summed E-state index contributed by atoms with van der Waals surface area (Å²) in [7, 11) is 0. The highest BCUT2D eigenvalue weighted by molar-refractivity contribution is 7.17. The van der Waals surface area contributed by atoms with Gasteiger partial charge in [-0.1, -0.05) is 12.1 Å². The Morgan fingerprint density at radius 1 is 1.11 bits per heavy atom. The van der Waals surface area contributed by atoms with Crippen molar-refractivity contribution in [1.82, 2.24) is 0 Å². The minimum absolute atomic E-state index is 0.225. The van der Waals surface area contributed by atoms with Gasteiger partial charge in [0.05, 0.1) is 0 Å². The van der Waals surface area contributed by atoms with Gasteiger partial charge in [-0.15, -0.1) is 11.3 Å². The fourth-order valence-electron chi connectivity index (χ4n) is 1.53. The summed E-state index contributed by atoms with van der Waals surface area (Å²) >= 11 is 1.12. The molecular formula is C13H10O5S. The van der Waals surface area contributed by atoms with Crippen molar-refractivity contribution in [2.24, 2.45) is 0 Å². The standard InChI is InChI=1S/C13H10O5S/c14-12(15)7-18-9-4-2-1-3-8(9)10-5-6-11(19-10)13(16)17/h1-6H,7H2,(H,14,15)(H,16,17). The largest absolute Gasteiger partial charge is 0.481 e. The second kappa shape index (κ2) is 5.53. The molecule has 1 heterocycles. The predicted octanol–water partition coefficient (Wildman–Crippen LogP) is 2.58. The van der Waals surface area contributed by atoms with Crippen molar-refractivity contribution in [3.05, 3.63) is 41.3 Å². The maximum Gasteiger partial charge on any atom is 0.345 e. The number of benzene rings is 1. The van der Waals surface area contributed by atoms with Crippen LogP contribution in [0.3, 0.4) is 0 Å². The van der Waals surface area contributed by atoms with E-state index in [0.29, 0.717) is 11.3 Å². The minimum Gasteiger partial charge on any atom is -0.481 e. The second-order valence-electron chi connectivity index (χ2n) is 3.65. The molecule has 1 aromatic carbocycles. The third-order valence-corrected chi connectivity index (χ3v) is 3.43. The lowest BCUT2D eigenvalue weighted by atomic mass is 10.1. The number of rotatable bonds is 5. The number of ether oxygens (including phenoxy) is 1. The summed E-state index contributed by atoms with van der Waals surface area (Å²) in [6.07, 6.45) is 0. The summed E-state index contributed by atoms with van der Waals surface area (Å²) in [5.74, 6) is -1.63. The third kappa shape index (κ3) is 3.11. The van der Waals surface area contributed by atoms with Gasteiger partial charge in [-0.2, -0.15) is 0 Å². The Hall–Kier alpha value is -2.34. The molecule has 0 fully saturated rings. The maximum atomic E-state index is 10.8. The fraction of sp³-hybridized carbons (Fsp3) is 0.0769. The van der Waals surface area contributed by atoms with Crippen LogP contribution in [0.2, 0.25) is 0 Å². The highest BCUT2D eigenvalue weighted by Gasteiger charge is 2.12. The van der Waals surface area contributed by atoms with Crippen molar-refractivity contribution >= 4 is 23.3 Å². The van der Waals surface area contributed by atoms with Crippen LogP contribution >= 0.6 is 11.3 Å². The summed E-state index contributed by atoms with van der Waals surface area (Å²) in [5.41, 5.74) is 0.682. The predicted molar refractivity (Wildman–Crippen MR) is 69.8 cm³/mol. The summed E-state index contributed by atoms with van der Waals surface area (Å²) in [6.45, 7) is -0.436. The second-order valence-corrected chi connectivity index (χ2v) is 4.73. The molecule has 98 valence electrons. The van der Waals surface area contributed by atoms with Crippen molar-refractivity contribution in [2.75, 3.05) is 6.61 Å². The van der Waals surface area contributed by atoms with E-state index in [9.17, 15) is 9.59 Å². The number of aromatic carboxylic acids is 1. The molecule has 6 heteroatoms. The molecule has 19 heavy (non-hydrogen) atoms. The van der Waals surface area contributed by atoms with Crippen LogP contribution in [0.1, 0.15) is 9.67 Å². The van der Waals surface area contributed by atoms with Gasteiger partial charge in [-0.25, -0.2) is 9.59 Å². The van der Waals surface area contributed by atoms with Crippen LogP contribution in [0.25, 0.3) is 10.4 Å². The summed E-state index contributed by atoms with van der Waals surface area (Å²) in [4.78, 5) is 22.3. The molecule has 0 spiro atoms. The number of hydrogen-bond acceptors (Lipinski definition) is 4. The van der Waals surface area contributed by atoms with Gasteiger partial charge >= 0.3 is 11.9 Å². The van der Waals surface area contributed by atoms with Crippen LogP contribution in [0.4, 0.5) is 0 Å². The molecule has 0 bridgehead atoms. The maximum absolute atomic E-state index is 10.8. The smallest absolute Gasteiger partial charge is 0.345 e. The molecule has 0 saturated heterocycles. The number of carboxylic acid groups (broad SMARTS) is 2. The van der Waals surface area contributed by atoms with Gasteiger partial charge in [0, 0.05) is 10.4 Å². The normalized spacial score (nSPS) is 10.1. The van der Waals surface area contributed by atoms with Crippen LogP contribution in [-0.4, -0.2) is 28.8 Å². The number of carbonyl (C=O) groups is 2. The molecule has 2 N–H and O–H groups in total. The van der Waals surface area contributed by atoms with Gasteiger partial charge < -0.3 is 14.9 Å². The van der Waals surface area contributed by atoms with E-state index in [1.54, 1.807) is 30.3 Å². The summed E-state index contributed by atoms with van der Waals surface area (Å²) in [6, 6.07) is 10.1. The topological polar surface area (TPSA) is 83.8 Å². The average molecular weight is 278 g/mol. The SMILES string of the molecule is O=C(O)COc1ccccc1-c1ccc(C(=O)O)s1. The number of thiophene rings is 1. The first-order chi connectivity index (χ1) is 9.08. The van der Waals surface area contributed by atoms with Gasteiger partial charge in [0.25, 0.3) is 0 Å². The molecule has 0 aliphatic heterocycles. The van der Waals surface area contributed by atoms with Gasteiger partial charge in [0.15, 0.2) is 6.61 Å². The molecule has 0 amide bonds. The Morgan fingerprint density at radius 2 is 1.84 bits per heavy atom. The fourth-order valence-corrected chi connectivity index (χ4v) is 2.41. The van der Waals surface area contributed by atoms with E-state index in [0.717, 1.165) is 16.2 Å². The lowest BCUT2D eigenvalue weighted by Gasteiger charge is -2.08. The Balaban J connectivity index is 2.32. The van der Waals surface area contributed by atoms with Crippen LogP contribution in [0.5, 0.6) is 5.75 Å². The third-order valence-electron chi connectivity index (χ3n) is 2.32. The van der Waals surface area contributed by atoms with E-state index in [4.69, 9.17) is 14.9 Å². The molecule has 0 atom stereocenters. The molecule has 5 nitrogen and oxygen atoms in total. The van der Waals surface area contributed by atoms with E-state index in [1.807, 2.05) is 0 Å². The number of para-hydroxylation sites is 1. The van der Waals surface area contributed by atoms with Crippen molar-refractivity contribution in [2.45, 2.75) is 0 Å². The minimum atomic E-state index is -1.06. The zero-order chi connectivity index (χ0) is 13.8. The Bertz CT molecular complexity index is 617. The highest BCUT2D eigenvalue weighted by atomic mass is 32.1. The van der Waals surface area contributed by atoms with E-state index in [1.165, 1.54) is 6.07 Å². The first-order valence-electron chi connectivity index (χ1n) is 5.35. The van der Waals surface area contributed by atoms with E-state index < -0.39 is 18.5 Å². The molecule has 0 aliphatic rings. The zero-order valence-corrected chi connectivity index (χ0v) is 10.5. The molecule has 2 aromatic rings. The molecule has 0 radical (unpaired) electrons. The summed E-state index contributed by atoms with van der Waals surface area (Å²) < 4.78 is 5.18. The zero-order valence-electron chi connectivity index (χ0n) is 9.70. The van der Waals surface area contributed by atoms with Crippen LogP contribution in [0, 0.1) is 0 Å². The van der Waals surface area contributed by atoms with Gasteiger partial charge in [0.2, 0.25) is 0 Å². The molecular weight excluding hydrogens is 268 g/mol. The first kappa shape index (κ1) is 13.1. The Kier molecular flexibility index (Phi) is 3.82. The van der Waals surface area contributed by atoms with Crippen LogP contribution in [0.15, 0.2) is 36.4 Å². The number of carboxylic acids is 2. The van der Waals surface area contributed by atoms with Crippen LogP contribution in [-0.2, 0) is 4.79 Å². The first-order valence-corrected chi connectivity index (χ1v) is 6.16. The van der Waals surface area contributed by atoms with Gasteiger partial charge in [-0.05, 0) is 24.3 Å². The van der Waals surface area contributed by atoms with Crippen molar-refractivity contribution in [3.63, 3.8) is 0 Å². The summed E-state index contributed by atoms with van der Waals surface area (Å²) in [5, 5.41) is 17.5. The lowest BCUT2D eigenvalue weighted by Crippen LogP contribution is -2.09. The van der Waals surface area contributed by atoms with Crippen molar-refractivity contribution < 1.29 is 24.5 Å². The molecule has 0 unspecified atom stereocenters. The number of hydrogen-bond donors (Lipinski definition) is 2. The molecule has 0 aliphatic carbocycles. The molecule has 2 rings (SSSR count). The van der Waals surface area contributed by atoms with Gasteiger partial charge in [0.1, 0.15) is 10.6 Å². The lowest BCUT2D eigenvalue weighted by molar-refractivity contribution is -0.139. The van der Waals surface area contributed by atoms with E-state index in [-0.39, 0.29) is 4.88 Å². The van der Waals surface area contributed by atoms with Crippen molar-refractivity contribution in [3.8, 4) is 16.2 Å². The molecule has 1 aromatic heterocycles. The molecule has 0 saturated carbocycles.